The molecular weight excluding hydrogens is 459 g/mol. The number of nitrogens with zero attached hydrogens (tertiary/aromatic N) is 5. The molecule has 4 rings (SSSR count). The van der Waals surface area contributed by atoms with E-state index in [1.165, 1.54) is 31.8 Å². The van der Waals surface area contributed by atoms with Gasteiger partial charge >= 0.3 is 0 Å². The van der Waals surface area contributed by atoms with Gasteiger partial charge in [-0.2, -0.15) is 5.10 Å². The molecule has 4 heterocycles. The number of methoxy groups -OCH3 is 1. The summed E-state index contributed by atoms with van der Waals surface area (Å²) in [7, 11) is -1.29. The average molecular weight is 473 g/mol. The molecule has 0 unspecified atom stereocenters. The summed E-state index contributed by atoms with van der Waals surface area (Å²) in [5.74, 6) is 3.87. The summed E-state index contributed by atoms with van der Waals surface area (Å²) >= 11 is 5.85. The van der Waals surface area contributed by atoms with Gasteiger partial charge in [-0.15, -0.1) is 0 Å². The van der Waals surface area contributed by atoms with Gasteiger partial charge in [-0.05, 0) is 12.1 Å². The van der Waals surface area contributed by atoms with Crippen molar-refractivity contribution < 1.29 is 17.5 Å². The number of hydrogen-bond acceptors (Lipinski definition) is 7. The van der Waals surface area contributed by atoms with Crippen molar-refractivity contribution in [1.29, 1.82) is 0 Å². The van der Waals surface area contributed by atoms with Crippen LogP contribution in [-0.4, -0.2) is 40.3 Å². The van der Waals surface area contributed by atoms with Crippen LogP contribution in [0.2, 0.25) is 5.02 Å². The maximum Gasteiger partial charge on any atom is 0.268 e. The van der Waals surface area contributed by atoms with Gasteiger partial charge in [0.1, 0.15) is 5.52 Å². The highest BCUT2D eigenvalue weighted by atomic mass is 35.5. The highest BCUT2D eigenvalue weighted by molar-refractivity contribution is 7.92. The Labute approximate surface area is 187 Å². The second-order valence-electron chi connectivity index (χ2n) is 6.46. The Morgan fingerprint density at radius 3 is 2.75 bits per heavy atom. The number of rotatable bonds is 4. The molecule has 1 N–H and O–H groups in total. The average Bonchev–Trinajstić information content (AvgIpc) is 3.15. The number of hydrogen-bond donors (Lipinski definition) is 1. The molecule has 9 nitrogen and oxygen atoms in total. The lowest BCUT2D eigenvalue weighted by Crippen LogP contribution is -2.17. The van der Waals surface area contributed by atoms with E-state index < -0.39 is 21.7 Å². The number of ether oxygens (including phenoxy) is 1. The molecule has 32 heavy (non-hydrogen) atoms. The van der Waals surface area contributed by atoms with Crippen molar-refractivity contribution >= 4 is 38.3 Å². The number of nitrogens with one attached hydrogen (secondary N) is 1. The minimum atomic E-state index is -4.30. The molecule has 0 fully saturated rings. The van der Waals surface area contributed by atoms with Gasteiger partial charge < -0.3 is 4.74 Å². The van der Waals surface area contributed by atoms with E-state index in [4.69, 9.17) is 16.3 Å². The molecule has 0 aliphatic rings. The first-order valence-electron chi connectivity index (χ1n) is 8.95. The monoisotopic (exact) mass is 472 g/mol. The summed E-state index contributed by atoms with van der Waals surface area (Å²) in [4.78, 5) is 11.3. The van der Waals surface area contributed by atoms with Gasteiger partial charge in [0.25, 0.3) is 10.0 Å². The van der Waals surface area contributed by atoms with E-state index in [9.17, 15) is 8.42 Å². The normalized spacial score (nSPS) is 11.1. The van der Waals surface area contributed by atoms with Crippen molar-refractivity contribution in [2.45, 2.75) is 4.90 Å². The molecule has 0 aliphatic carbocycles. The summed E-state index contributed by atoms with van der Waals surface area (Å²) < 4.78 is 49.2. The molecule has 0 bridgehead atoms. The topological polar surface area (TPSA) is 112 Å². The van der Waals surface area contributed by atoms with E-state index in [1.807, 2.05) is 0 Å². The number of fused-ring (bicyclic) bond motifs is 1. The molecule has 162 valence electrons. The SMILES string of the molecule is COc1ncc(Cl)cc1S(=O)(=O)Nc1nccc(C#Cc2cncc3nn(C)cc23)c1F. The fourth-order valence-electron chi connectivity index (χ4n) is 2.84. The van der Waals surface area contributed by atoms with Crippen LogP contribution in [0.5, 0.6) is 5.88 Å². The van der Waals surface area contributed by atoms with Gasteiger partial charge in [0.05, 0.1) is 29.5 Å². The molecule has 0 aromatic carbocycles. The van der Waals surface area contributed by atoms with Crippen molar-refractivity contribution in [3.05, 3.63) is 65.1 Å². The summed E-state index contributed by atoms with van der Waals surface area (Å²) in [6.45, 7) is 0. The molecule has 4 aromatic rings. The number of halogens is 2. The van der Waals surface area contributed by atoms with Crippen LogP contribution in [0, 0.1) is 17.7 Å². The van der Waals surface area contributed by atoms with Crippen molar-refractivity contribution in [2.75, 3.05) is 11.8 Å². The van der Waals surface area contributed by atoms with Crippen molar-refractivity contribution in [3.8, 4) is 17.7 Å². The zero-order chi connectivity index (χ0) is 22.9. The number of anilines is 1. The van der Waals surface area contributed by atoms with Crippen molar-refractivity contribution in [1.82, 2.24) is 24.7 Å². The van der Waals surface area contributed by atoms with Crippen LogP contribution in [-0.2, 0) is 17.1 Å². The van der Waals surface area contributed by atoms with Crippen molar-refractivity contribution in [3.63, 3.8) is 0 Å². The Kier molecular flexibility index (Phi) is 5.65. The maximum absolute atomic E-state index is 15.0. The maximum atomic E-state index is 15.0. The van der Waals surface area contributed by atoms with Crippen LogP contribution < -0.4 is 9.46 Å². The lowest BCUT2D eigenvalue weighted by atomic mass is 10.2. The van der Waals surface area contributed by atoms with E-state index in [2.05, 4.69) is 36.6 Å². The molecule has 12 heteroatoms. The number of aryl methyl sites for hydroxylation is 1. The van der Waals surface area contributed by atoms with Crippen LogP contribution in [0.3, 0.4) is 0 Å². The Hall–Kier alpha value is -3.75. The van der Waals surface area contributed by atoms with E-state index in [-0.39, 0.29) is 21.4 Å². The van der Waals surface area contributed by atoms with Gasteiger partial charge in [-0.25, -0.2) is 22.8 Å². The predicted molar refractivity (Wildman–Crippen MR) is 115 cm³/mol. The Morgan fingerprint density at radius 1 is 1.19 bits per heavy atom. The van der Waals surface area contributed by atoms with Crippen LogP contribution in [0.1, 0.15) is 11.1 Å². The highest BCUT2D eigenvalue weighted by Gasteiger charge is 2.24. The molecule has 0 saturated carbocycles. The molecule has 0 spiro atoms. The predicted octanol–water partition coefficient (Wildman–Crippen LogP) is 2.76. The minimum absolute atomic E-state index is 0.0604. The van der Waals surface area contributed by atoms with Gasteiger partial charge in [0.2, 0.25) is 5.88 Å². The zero-order valence-electron chi connectivity index (χ0n) is 16.7. The molecule has 0 aliphatic heterocycles. The quantitative estimate of drug-likeness (QED) is 0.454. The second-order valence-corrected chi connectivity index (χ2v) is 8.55. The zero-order valence-corrected chi connectivity index (χ0v) is 18.2. The molecular formula is C20H14ClFN6O3S. The number of sulfonamides is 1. The smallest absolute Gasteiger partial charge is 0.268 e. The molecule has 0 atom stereocenters. The lowest BCUT2D eigenvalue weighted by molar-refractivity contribution is 0.385. The Morgan fingerprint density at radius 2 is 1.97 bits per heavy atom. The molecule has 4 aromatic heterocycles. The van der Waals surface area contributed by atoms with Gasteiger partial charge in [-0.1, -0.05) is 23.4 Å². The van der Waals surface area contributed by atoms with E-state index in [0.717, 1.165) is 11.5 Å². The largest absolute Gasteiger partial charge is 0.480 e. The second kappa shape index (κ2) is 8.41. The first-order valence-corrected chi connectivity index (χ1v) is 10.8. The Balaban J connectivity index is 1.70. The van der Waals surface area contributed by atoms with Gasteiger partial charge in [0, 0.05) is 37.2 Å². The fourth-order valence-corrected chi connectivity index (χ4v) is 4.22. The number of aromatic nitrogens is 5. The van der Waals surface area contributed by atoms with E-state index in [0.29, 0.717) is 11.1 Å². The fraction of sp³-hybridized carbons (Fsp3) is 0.100. The highest BCUT2D eigenvalue weighted by Crippen LogP contribution is 2.27. The van der Waals surface area contributed by atoms with Crippen LogP contribution in [0.25, 0.3) is 10.9 Å². The lowest BCUT2D eigenvalue weighted by Gasteiger charge is -2.11. The molecule has 0 radical (unpaired) electrons. The summed E-state index contributed by atoms with van der Waals surface area (Å²) in [6, 6.07) is 2.47. The first kappa shape index (κ1) is 21.5. The first-order chi connectivity index (χ1) is 15.3. The standard InChI is InChI=1S/C20H14ClFN6O3S/c1-28-11-15-13(8-23-10-16(15)26-28)4-3-12-5-6-24-19(18(12)22)27-32(29,30)17-7-14(21)9-25-20(17)31-2/h5-11H,1-2H3,(H,24,27). The molecule has 0 saturated heterocycles. The van der Waals surface area contributed by atoms with E-state index in [1.54, 1.807) is 24.1 Å². The minimum Gasteiger partial charge on any atom is -0.480 e. The molecule has 0 amide bonds. The van der Waals surface area contributed by atoms with E-state index >= 15 is 4.39 Å². The van der Waals surface area contributed by atoms with Crippen LogP contribution in [0.15, 0.2) is 48.0 Å². The summed E-state index contributed by atoms with van der Waals surface area (Å²) in [5, 5.41) is 5.07. The summed E-state index contributed by atoms with van der Waals surface area (Å²) in [5.41, 5.74) is 1.13. The summed E-state index contributed by atoms with van der Waals surface area (Å²) in [6.07, 6.45) is 7.38. The third-order valence-corrected chi connectivity index (χ3v) is 5.81. The van der Waals surface area contributed by atoms with Crippen LogP contribution >= 0.6 is 11.6 Å². The van der Waals surface area contributed by atoms with Crippen LogP contribution in [0.4, 0.5) is 10.2 Å². The Bertz CT molecular complexity index is 1510. The van der Waals surface area contributed by atoms with Crippen molar-refractivity contribution in [2.24, 2.45) is 7.05 Å². The third-order valence-electron chi connectivity index (χ3n) is 4.27. The third kappa shape index (κ3) is 4.18. The number of pyridine rings is 3. The van der Waals surface area contributed by atoms with Gasteiger partial charge in [0.15, 0.2) is 16.5 Å². The van der Waals surface area contributed by atoms with Gasteiger partial charge in [-0.3, -0.25) is 14.4 Å².